The first-order chi connectivity index (χ1) is 6.84. The zero-order valence-corrected chi connectivity index (χ0v) is 8.85. The quantitative estimate of drug-likeness (QED) is 0.873. The summed E-state index contributed by atoms with van der Waals surface area (Å²) in [6.07, 6.45) is 1.54. The zero-order valence-electron chi connectivity index (χ0n) is 7.27. The van der Waals surface area contributed by atoms with E-state index in [1.54, 1.807) is 0 Å². The maximum absolute atomic E-state index is 5.77. The van der Waals surface area contributed by atoms with Crippen LogP contribution in [0.2, 0.25) is 5.02 Å². The highest BCUT2D eigenvalue weighted by Gasteiger charge is 1.96. The van der Waals surface area contributed by atoms with Gasteiger partial charge in [0.25, 0.3) is 0 Å². The average Bonchev–Trinajstić information content (AvgIpc) is 2.70. The lowest BCUT2D eigenvalue weighted by atomic mass is 10.2. The van der Waals surface area contributed by atoms with Gasteiger partial charge in [0.05, 0.1) is 0 Å². The number of rotatable bonds is 3. The third-order valence-corrected chi connectivity index (χ3v) is 2.59. The molecule has 1 aromatic heterocycles. The van der Waals surface area contributed by atoms with Gasteiger partial charge < -0.3 is 5.32 Å². The van der Waals surface area contributed by atoms with E-state index in [2.05, 4.69) is 14.7 Å². The van der Waals surface area contributed by atoms with E-state index in [9.17, 15) is 0 Å². The highest BCUT2D eigenvalue weighted by atomic mass is 35.5. The van der Waals surface area contributed by atoms with E-state index in [4.69, 9.17) is 11.6 Å². The molecule has 0 spiro atoms. The van der Waals surface area contributed by atoms with Crippen molar-refractivity contribution in [1.29, 1.82) is 0 Å². The van der Waals surface area contributed by atoms with Crippen molar-refractivity contribution in [2.24, 2.45) is 0 Å². The molecule has 0 aliphatic carbocycles. The molecule has 0 saturated heterocycles. The minimum absolute atomic E-state index is 0.742. The predicted octanol–water partition coefficient (Wildman–Crippen LogP) is 2.80. The topological polar surface area (TPSA) is 37.8 Å². The molecule has 1 aromatic carbocycles. The fourth-order valence-corrected chi connectivity index (χ4v) is 1.58. The average molecular weight is 226 g/mol. The van der Waals surface area contributed by atoms with Gasteiger partial charge in [0, 0.05) is 23.1 Å². The number of nitrogens with zero attached hydrogens (tertiary/aromatic N) is 2. The Morgan fingerprint density at radius 3 is 2.71 bits per heavy atom. The molecule has 2 aromatic rings. The molecule has 1 N–H and O–H groups in total. The molecule has 0 unspecified atom stereocenters. The molecular weight excluding hydrogens is 218 g/mol. The molecule has 0 fully saturated rings. The summed E-state index contributed by atoms with van der Waals surface area (Å²) in [5, 5.41) is 4.75. The van der Waals surface area contributed by atoms with Gasteiger partial charge in [-0.15, -0.1) is 0 Å². The molecule has 0 aliphatic heterocycles. The molecule has 5 heteroatoms. The van der Waals surface area contributed by atoms with Gasteiger partial charge in [-0.05, 0) is 17.7 Å². The SMILES string of the molecule is Clc1ccc(CNc2ncns2)cc1. The van der Waals surface area contributed by atoms with Crippen molar-refractivity contribution < 1.29 is 0 Å². The lowest BCUT2D eigenvalue weighted by Gasteiger charge is -2.01. The van der Waals surface area contributed by atoms with E-state index in [1.807, 2.05) is 24.3 Å². The predicted molar refractivity (Wildman–Crippen MR) is 58.7 cm³/mol. The van der Waals surface area contributed by atoms with Gasteiger partial charge in [-0.3, -0.25) is 0 Å². The number of hydrogen-bond donors (Lipinski definition) is 1. The Hall–Kier alpha value is -1.13. The molecule has 72 valence electrons. The first-order valence-electron chi connectivity index (χ1n) is 4.09. The molecule has 0 amide bonds. The molecule has 0 radical (unpaired) electrons. The zero-order chi connectivity index (χ0) is 9.80. The first-order valence-corrected chi connectivity index (χ1v) is 5.25. The van der Waals surface area contributed by atoms with Crippen molar-refractivity contribution in [3.8, 4) is 0 Å². The fraction of sp³-hybridized carbons (Fsp3) is 0.111. The lowest BCUT2D eigenvalue weighted by molar-refractivity contribution is 1.13. The minimum Gasteiger partial charge on any atom is -0.356 e. The number of halogens is 1. The maximum atomic E-state index is 5.77. The van der Waals surface area contributed by atoms with Crippen molar-refractivity contribution in [1.82, 2.24) is 9.36 Å². The molecule has 0 saturated carbocycles. The molecule has 1 heterocycles. The largest absolute Gasteiger partial charge is 0.356 e. The molecule has 0 bridgehead atoms. The Morgan fingerprint density at radius 2 is 2.07 bits per heavy atom. The van der Waals surface area contributed by atoms with E-state index >= 15 is 0 Å². The monoisotopic (exact) mass is 225 g/mol. The maximum Gasteiger partial charge on any atom is 0.202 e. The normalized spacial score (nSPS) is 10.1. The van der Waals surface area contributed by atoms with Crippen LogP contribution < -0.4 is 5.32 Å². The summed E-state index contributed by atoms with van der Waals surface area (Å²) in [5.74, 6) is 0. The third-order valence-electron chi connectivity index (χ3n) is 1.72. The summed E-state index contributed by atoms with van der Waals surface area (Å²) < 4.78 is 3.90. The van der Waals surface area contributed by atoms with Crippen LogP contribution >= 0.6 is 23.1 Å². The number of hydrogen-bond acceptors (Lipinski definition) is 4. The summed E-state index contributed by atoms with van der Waals surface area (Å²) in [7, 11) is 0. The Labute approximate surface area is 90.9 Å². The first kappa shape index (κ1) is 9.43. The smallest absolute Gasteiger partial charge is 0.202 e. The van der Waals surface area contributed by atoms with Crippen molar-refractivity contribution in [2.45, 2.75) is 6.54 Å². The van der Waals surface area contributed by atoms with Gasteiger partial charge in [-0.25, -0.2) is 4.98 Å². The Kier molecular flexibility index (Phi) is 2.96. The van der Waals surface area contributed by atoms with Crippen LogP contribution in [0.3, 0.4) is 0 Å². The number of aromatic nitrogens is 2. The summed E-state index contributed by atoms with van der Waals surface area (Å²) in [6, 6.07) is 7.71. The second kappa shape index (κ2) is 4.39. The van der Waals surface area contributed by atoms with Gasteiger partial charge in [0.2, 0.25) is 5.13 Å². The van der Waals surface area contributed by atoms with Crippen LogP contribution in [0, 0.1) is 0 Å². The van der Waals surface area contributed by atoms with Crippen molar-refractivity contribution >= 4 is 28.3 Å². The second-order valence-electron chi connectivity index (χ2n) is 2.73. The molecular formula is C9H8ClN3S. The molecule has 0 aliphatic rings. The minimum atomic E-state index is 0.742. The summed E-state index contributed by atoms with van der Waals surface area (Å²) in [6.45, 7) is 0.742. The number of benzene rings is 1. The van der Waals surface area contributed by atoms with Crippen LogP contribution in [0.4, 0.5) is 5.13 Å². The van der Waals surface area contributed by atoms with Gasteiger partial charge in [0.15, 0.2) is 0 Å². The highest BCUT2D eigenvalue weighted by molar-refractivity contribution is 7.09. The van der Waals surface area contributed by atoms with Crippen LogP contribution in [-0.2, 0) is 6.54 Å². The fourth-order valence-electron chi connectivity index (χ4n) is 1.03. The van der Waals surface area contributed by atoms with Crippen molar-refractivity contribution in [2.75, 3.05) is 5.32 Å². The molecule has 14 heavy (non-hydrogen) atoms. The third kappa shape index (κ3) is 2.43. The van der Waals surface area contributed by atoms with Gasteiger partial charge in [-0.2, -0.15) is 4.37 Å². The summed E-state index contributed by atoms with van der Waals surface area (Å²) in [4.78, 5) is 4.02. The van der Waals surface area contributed by atoms with Crippen LogP contribution in [0.5, 0.6) is 0 Å². The highest BCUT2D eigenvalue weighted by Crippen LogP contribution is 2.12. The van der Waals surface area contributed by atoms with Gasteiger partial charge in [0.1, 0.15) is 6.33 Å². The molecule has 2 rings (SSSR count). The van der Waals surface area contributed by atoms with E-state index < -0.39 is 0 Å². The van der Waals surface area contributed by atoms with E-state index in [1.165, 1.54) is 23.4 Å². The van der Waals surface area contributed by atoms with Crippen LogP contribution in [0.1, 0.15) is 5.56 Å². The van der Waals surface area contributed by atoms with E-state index in [-0.39, 0.29) is 0 Å². The lowest BCUT2D eigenvalue weighted by Crippen LogP contribution is -1.97. The standard InChI is InChI=1S/C9H8ClN3S/c10-8-3-1-7(2-4-8)5-11-9-12-6-13-14-9/h1-4,6H,5H2,(H,11,12,13). The second-order valence-corrected chi connectivity index (χ2v) is 3.94. The summed E-state index contributed by atoms with van der Waals surface area (Å²) in [5.41, 5.74) is 1.17. The van der Waals surface area contributed by atoms with Crippen LogP contribution in [0.25, 0.3) is 0 Å². The van der Waals surface area contributed by atoms with Crippen molar-refractivity contribution in [3.05, 3.63) is 41.2 Å². The van der Waals surface area contributed by atoms with E-state index in [0.717, 1.165) is 16.7 Å². The Morgan fingerprint density at radius 1 is 1.29 bits per heavy atom. The van der Waals surface area contributed by atoms with Crippen LogP contribution in [-0.4, -0.2) is 9.36 Å². The number of anilines is 1. The molecule has 0 atom stereocenters. The Balaban J connectivity index is 1.95. The van der Waals surface area contributed by atoms with E-state index in [0.29, 0.717) is 0 Å². The summed E-state index contributed by atoms with van der Waals surface area (Å²) >= 11 is 7.12. The molecule has 3 nitrogen and oxygen atoms in total. The van der Waals surface area contributed by atoms with Gasteiger partial charge >= 0.3 is 0 Å². The van der Waals surface area contributed by atoms with Crippen molar-refractivity contribution in [3.63, 3.8) is 0 Å². The Bertz CT molecular complexity index is 385. The van der Waals surface area contributed by atoms with Gasteiger partial charge in [-0.1, -0.05) is 23.7 Å². The number of nitrogens with one attached hydrogen (secondary N) is 1. The van der Waals surface area contributed by atoms with Crippen LogP contribution in [0.15, 0.2) is 30.6 Å².